The summed E-state index contributed by atoms with van der Waals surface area (Å²) in [5.74, 6) is -0.544. The Kier molecular flexibility index (Phi) is 6.20. The Morgan fingerprint density at radius 1 is 1.12 bits per heavy atom. The van der Waals surface area contributed by atoms with Crippen LogP contribution in [0.25, 0.3) is 0 Å². The second kappa shape index (κ2) is 8.15. The minimum Gasteiger partial charge on any atom is -0.491 e. The lowest BCUT2D eigenvalue weighted by Crippen LogP contribution is -2.56. The topological polar surface area (TPSA) is 76.1 Å². The van der Waals surface area contributed by atoms with E-state index in [1.54, 1.807) is 38.4 Å². The summed E-state index contributed by atoms with van der Waals surface area (Å²) >= 11 is 0. The standard InChI is InChI=1S/C18H25NO5/c1-19(18(17(21)22)10-4-3-5-11-18)16(20)14-6-8-15(9-7-14)24-13-12-23-2/h6-9H,3-5,10-13H2,1-2H3,(H,21,22). The predicted octanol–water partition coefficient (Wildman–Crippen LogP) is 2.57. The molecule has 0 unspecified atom stereocenters. The van der Waals surface area contributed by atoms with Gasteiger partial charge >= 0.3 is 5.97 Å². The highest BCUT2D eigenvalue weighted by atomic mass is 16.5. The van der Waals surface area contributed by atoms with E-state index in [0.717, 1.165) is 19.3 Å². The van der Waals surface area contributed by atoms with E-state index in [1.807, 2.05) is 0 Å². The zero-order valence-electron chi connectivity index (χ0n) is 14.3. The number of rotatable bonds is 7. The molecule has 0 saturated heterocycles. The maximum Gasteiger partial charge on any atom is 0.329 e. The zero-order chi connectivity index (χ0) is 17.6. The molecule has 1 fully saturated rings. The van der Waals surface area contributed by atoms with Crippen LogP contribution in [0.2, 0.25) is 0 Å². The van der Waals surface area contributed by atoms with Crippen molar-refractivity contribution in [3.05, 3.63) is 29.8 Å². The summed E-state index contributed by atoms with van der Waals surface area (Å²) in [6, 6.07) is 6.76. The molecule has 24 heavy (non-hydrogen) atoms. The summed E-state index contributed by atoms with van der Waals surface area (Å²) in [6.07, 6.45) is 3.68. The molecule has 1 amide bonds. The smallest absolute Gasteiger partial charge is 0.329 e. The third-order valence-electron chi connectivity index (χ3n) is 4.68. The molecule has 0 spiro atoms. The van der Waals surface area contributed by atoms with Gasteiger partial charge in [-0.25, -0.2) is 4.79 Å². The van der Waals surface area contributed by atoms with Crippen molar-refractivity contribution in [3.63, 3.8) is 0 Å². The molecule has 1 aliphatic rings. The Balaban J connectivity index is 2.10. The van der Waals surface area contributed by atoms with E-state index >= 15 is 0 Å². The molecular formula is C18H25NO5. The zero-order valence-corrected chi connectivity index (χ0v) is 14.3. The third kappa shape index (κ3) is 3.87. The van der Waals surface area contributed by atoms with Crippen LogP contribution in [0.15, 0.2) is 24.3 Å². The van der Waals surface area contributed by atoms with Crippen LogP contribution in [0.3, 0.4) is 0 Å². The molecule has 0 bridgehead atoms. The van der Waals surface area contributed by atoms with Crippen LogP contribution in [0.4, 0.5) is 0 Å². The number of nitrogens with zero attached hydrogens (tertiary/aromatic N) is 1. The molecule has 132 valence electrons. The lowest BCUT2D eigenvalue weighted by molar-refractivity contribution is -0.151. The number of benzene rings is 1. The van der Waals surface area contributed by atoms with Crippen molar-refractivity contribution in [2.24, 2.45) is 0 Å². The molecule has 0 atom stereocenters. The number of carboxylic acids is 1. The maximum absolute atomic E-state index is 12.7. The monoisotopic (exact) mass is 335 g/mol. The molecule has 1 N–H and O–H groups in total. The van der Waals surface area contributed by atoms with Crippen molar-refractivity contribution in [2.45, 2.75) is 37.6 Å². The average Bonchev–Trinajstić information content (AvgIpc) is 2.61. The van der Waals surface area contributed by atoms with E-state index in [-0.39, 0.29) is 5.91 Å². The van der Waals surface area contributed by atoms with Gasteiger partial charge in [0.05, 0.1) is 6.61 Å². The van der Waals surface area contributed by atoms with E-state index in [2.05, 4.69) is 0 Å². The van der Waals surface area contributed by atoms with E-state index < -0.39 is 11.5 Å². The highest BCUT2D eigenvalue weighted by Crippen LogP contribution is 2.34. The Morgan fingerprint density at radius 3 is 2.29 bits per heavy atom. The summed E-state index contributed by atoms with van der Waals surface area (Å²) in [5.41, 5.74) is -0.633. The summed E-state index contributed by atoms with van der Waals surface area (Å²) in [4.78, 5) is 26.0. The molecule has 0 aliphatic heterocycles. The lowest BCUT2D eigenvalue weighted by atomic mass is 9.80. The van der Waals surface area contributed by atoms with Crippen molar-refractivity contribution in [3.8, 4) is 5.75 Å². The molecule has 6 nitrogen and oxygen atoms in total. The van der Waals surface area contributed by atoms with Crippen molar-refractivity contribution in [1.82, 2.24) is 4.90 Å². The van der Waals surface area contributed by atoms with Gasteiger partial charge in [0.1, 0.15) is 17.9 Å². The molecule has 0 radical (unpaired) electrons. The second-order valence-corrected chi connectivity index (χ2v) is 6.13. The summed E-state index contributed by atoms with van der Waals surface area (Å²) in [6.45, 7) is 0.927. The number of aliphatic carboxylic acids is 1. The third-order valence-corrected chi connectivity index (χ3v) is 4.68. The van der Waals surface area contributed by atoms with Crippen LogP contribution >= 0.6 is 0 Å². The lowest BCUT2D eigenvalue weighted by Gasteiger charge is -2.41. The van der Waals surface area contributed by atoms with Gasteiger partial charge in [-0.3, -0.25) is 4.79 Å². The van der Waals surface area contributed by atoms with Gasteiger partial charge in [0.2, 0.25) is 0 Å². The highest BCUT2D eigenvalue weighted by Gasteiger charge is 2.45. The molecule has 1 aromatic rings. The first-order chi connectivity index (χ1) is 11.5. The van der Waals surface area contributed by atoms with Crippen molar-refractivity contribution >= 4 is 11.9 Å². The summed E-state index contributed by atoms with van der Waals surface area (Å²) < 4.78 is 10.4. The summed E-state index contributed by atoms with van der Waals surface area (Å²) in [5, 5.41) is 9.69. The van der Waals surface area contributed by atoms with Gasteiger partial charge in [-0.15, -0.1) is 0 Å². The molecular weight excluding hydrogens is 310 g/mol. The van der Waals surface area contributed by atoms with Crippen molar-refractivity contribution in [2.75, 3.05) is 27.4 Å². The molecule has 0 aromatic heterocycles. The Bertz CT molecular complexity index is 563. The predicted molar refractivity (Wildman–Crippen MR) is 89.4 cm³/mol. The van der Waals surface area contributed by atoms with Crippen LogP contribution in [-0.4, -0.2) is 54.8 Å². The molecule has 0 heterocycles. The minimum atomic E-state index is -1.09. The number of hydrogen-bond acceptors (Lipinski definition) is 4. The van der Waals surface area contributed by atoms with E-state index in [1.165, 1.54) is 4.90 Å². The maximum atomic E-state index is 12.7. The number of ether oxygens (including phenoxy) is 2. The van der Waals surface area contributed by atoms with Crippen LogP contribution in [0.5, 0.6) is 5.75 Å². The number of carbonyl (C=O) groups is 2. The SMILES string of the molecule is COCCOc1ccc(C(=O)N(C)C2(C(=O)O)CCCCC2)cc1. The number of carbonyl (C=O) groups excluding carboxylic acids is 1. The molecule has 2 rings (SSSR count). The summed E-state index contributed by atoms with van der Waals surface area (Å²) in [7, 11) is 3.19. The quantitative estimate of drug-likeness (QED) is 0.775. The van der Waals surface area contributed by atoms with Gasteiger partial charge in [-0.1, -0.05) is 19.3 Å². The van der Waals surface area contributed by atoms with Gasteiger partial charge in [-0.05, 0) is 37.1 Å². The molecule has 1 aliphatic carbocycles. The van der Waals surface area contributed by atoms with Gasteiger partial charge in [-0.2, -0.15) is 0 Å². The van der Waals surface area contributed by atoms with Crippen LogP contribution in [0, 0.1) is 0 Å². The second-order valence-electron chi connectivity index (χ2n) is 6.13. The largest absolute Gasteiger partial charge is 0.491 e. The fraction of sp³-hybridized carbons (Fsp3) is 0.556. The Labute approximate surface area is 142 Å². The first-order valence-corrected chi connectivity index (χ1v) is 8.24. The Morgan fingerprint density at radius 2 is 1.75 bits per heavy atom. The van der Waals surface area contributed by atoms with Gasteiger partial charge < -0.3 is 19.5 Å². The molecule has 1 aromatic carbocycles. The number of carboxylic acid groups (broad SMARTS) is 1. The first kappa shape index (κ1) is 18.3. The fourth-order valence-electron chi connectivity index (χ4n) is 3.15. The number of likely N-dealkylation sites (N-methyl/N-ethyl adjacent to an activating group) is 1. The normalized spacial score (nSPS) is 16.4. The van der Waals surface area contributed by atoms with Crippen LogP contribution < -0.4 is 4.74 Å². The van der Waals surface area contributed by atoms with Gasteiger partial charge in [0.15, 0.2) is 0 Å². The van der Waals surface area contributed by atoms with E-state index in [0.29, 0.717) is 37.4 Å². The highest BCUT2D eigenvalue weighted by molar-refractivity contribution is 5.97. The van der Waals surface area contributed by atoms with Crippen LogP contribution in [0.1, 0.15) is 42.5 Å². The number of methoxy groups -OCH3 is 1. The number of amides is 1. The fourth-order valence-corrected chi connectivity index (χ4v) is 3.15. The van der Waals surface area contributed by atoms with Crippen molar-refractivity contribution < 1.29 is 24.2 Å². The number of hydrogen-bond donors (Lipinski definition) is 1. The Hall–Kier alpha value is -2.08. The van der Waals surface area contributed by atoms with E-state index in [9.17, 15) is 14.7 Å². The van der Waals surface area contributed by atoms with Crippen molar-refractivity contribution in [1.29, 1.82) is 0 Å². The average molecular weight is 335 g/mol. The molecule has 1 saturated carbocycles. The van der Waals surface area contributed by atoms with Gasteiger partial charge in [0.25, 0.3) is 5.91 Å². The van der Waals surface area contributed by atoms with Crippen LogP contribution in [-0.2, 0) is 9.53 Å². The molecule has 6 heteroatoms. The van der Waals surface area contributed by atoms with Gasteiger partial charge in [0, 0.05) is 19.7 Å². The minimum absolute atomic E-state index is 0.275. The van der Waals surface area contributed by atoms with E-state index in [4.69, 9.17) is 9.47 Å². The first-order valence-electron chi connectivity index (χ1n) is 8.24.